The smallest absolute Gasteiger partial charge is 0.250 e. The monoisotopic (exact) mass is 225 g/mol. The maximum absolute atomic E-state index is 13.4. The van der Waals surface area contributed by atoms with Gasteiger partial charge in [0.2, 0.25) is 0 Å². The Morgan fingerprint density at radius 2 is 2.19 bits per heavy atom. The van der Waals surface area contributed by atoms with E-state index in [1.165, 1.54) is 6.07 Å². The highest BCUT2D eigenvalue weighted by atomic mass is 19.1. The third-order valence-corrected chi connectivity index (χ3v) is 2.25. The van der Waals surface area contributed by atoms with E-state index < -0.39 is 11.7 Å². The Morgan fingerprint density at radius 1 is 1.50 bits per heavy atom. The zero-order valence-corrected chi connectivity index (χ0v) is 9.22. The molecule has 0 aliphatic carbocycles. The first-order chi connectivity index (χ1) is 7.56. The van der Waals surface area contributed by atoms with E-state index in [1.54, 1.807) is 0 Å². The van der Waals surface area contributed by atoms with Gasteiger partial charge in [0.15, 0.2) is 0 Å². The highest BCUT2D eigenvalue weighted by molar-refractivity contribution is 5.99. The molecule has 0 spiro atoms. The van der Waals surface area contributed by atoms with Crippen molar-refractivity contribution in [2.45, 2.75) is 19.8 Å². The second-order valence-electron chi connectivity index (χ2n) is 3.56. The molecule has 0 atom stereocenters. The van der Waals surface area contributed by atoms with Crippen molar-refractivity contribution in [1.29, 1.82) is 0 Å². The van der Waals surface area contributed by atoms with Crippen molar-refractivity contribution in [2.75, 3.05) is 17.6 Å². The Balaban J connectivity index is 2.91. The van der Waals surface area contributed by atoms with Crippen molar-refractivity contribution >= 4 is 17.3 Å². The molecule has 1 aromatic rings. The molecule has 0 aliphatic heterocycles. The number of nitrogen functional groups attached to an aromatic ring is 1. The van der Waals surface area contributed by atoms with Crippen LogP contribution >= 0.6 is 0 Å². The Bertz CT molecular complexity index is 393. The molecule has 0 saturated carbocycles. The first-order valence-electron chi connectivity index (χ1n) is 5.19. The number of nitrogens with one attached hydrogen (secondary N) is 1. The van der Waals surface area contributed by atoms with E-state index in [2.05, 4.69) is 5.32 Å². The van der Waals surface area contributed by atoms with Gasteiger partial charge in [-0.15, -0.1) is 0 Å². The number of benzene rings is 1. The molecule has 4 nitrogen and oxygen atoms in total. The standard InChI is InChI=1S/C11H16FN3O/c1-2-3-4-15-10-5-7(11(14)16)9(13)6-8(10)12/h5-6,15H,2-4,13H2,1H3,(H2,14,16). The normalized spacial score (nSPS) is 10.1. The van der Waals surface area contributed by atoms with Crippen LogP contribution in [0.2, 0.25) is 0 Å². The third-order valence-electron chi connectivity index (χ3n) is 2.25. The molecule has 1 rings (SSSR count). The minimum Gasteiger partial charge on any atom is -0.398 e. The molecule has 0 fully saturated rings. The van der Waals surface area contributed by atoms with E-state index in [4.69, 9.17) is 11.5 Å². The minimum atomic E-state index is -0.656. The number of amides is 1. The number of carbonyl (C=O) groups is 1. The number of hydrogen-bond donors (Lipinski definition) is 3. The van der Waals surface area contributed by atoms with Gasteiger partial charge >= 0.3 is 0 Å². The number of hydrogen-bond acceptors (Lipinski definition) is 3. The Kier molecular flexibility index (Phi) is 4.10. The van der Waals surface area contributed by atoms with E-state index in [1.807, 2.05) is 6.92 Å². The SMILES string of the molecule is CCCCNc1cc(C(N)=O)c(N)cc1F. The molecule has 0 aromatic heterocycles. The van der Waals surface area contributed by atoms with Gasteiger partial charge in [-0.05, 0) is 18.6 Å². The van der Waals surface area contributed by atoms with Crippen molar-refractivity contribution < 1.29 is 9.18 Å². The molecule has 5 N–H and O–H groups in total. The van der Waals surface area contributed by atoms with Crippen LogP contribution in [-0.4, -0.2) is 12.5 Å². The van der Waals surface area contributed by atoms with Crippen molar-refractivity contribution in [1.82, 2.24) is 0 Å². The average molecular weight is 225 g/mol. The summed E-state index contributed by atoms with van der Waals surface area (Å²) in [5.74, 6) is -1.13. The van der Waals surface area contributed by atoms with Crippen LogP contribution in [0.5, 0.6) is 0 Å². The Hall–Kier alpha value is -1.78. The molecule has 16 heavy (non-hydrogen) atoms. The molecule has 0 heterocycles. The summed E-state index contributed by atoms with van der Waals surface area (Å²) in [5.41, 5.74) is 11.1. The second kappa shape index (κ2) is 5.34. The predicted octanol–water partition coefficient (Wildman–Crippen LogP) is 1.72. The van der Waals surface area contributed by atoms with E-state index in [-0.39, 0.29) is 16.9 Å². The van der Waals surface area contributed by atoms with Crippen LogP contribution in [0.4, 0.5) is 15.8 Å². The first kappa shape index (κ1) is 12.3. The van der Waals surface area contributed by atoms with Crippen LogP contribution in [0.15, 0.2) is 12.1 Å². The summed E-state index contributed by atoms with van der Waals surface area (Å²) >= 11 is 0. The summed E-state index contributed by atoms with van der Waals surface area (Å²) in [7, 11) is 0. The minimum absolute atomic E-state index is 0.0611. The summed E-state index contributed by atoms with van der Waals surface area (Å²) < 4.78 is 13.4. The Morgan fingerprint density at radius 3 is 2.75 bits per heavy atom. The van der Waals surface area contributed by atoms with Gasteiger partial charge in [0, 0.05) is 12.2 Å². The van der Waals surface area contributed by atoms with Crippen LogP contribution in [0.3, 0.4) is 0 Å². The Labute approximate surface area is 93.8 Å². The highest BCUT2D eigenvalue weighted by Crippen LogP contribution is 2.21. The van der Waals surface area contributed by atoms with Gasteiger partial charge in [0.05, 0.1) is 11.3 Å². The molecule has 1 aromatic carbocycles. The molecule has 0 unspecified atom stereocenters. The molecule has 0 saturated heterocycles. The first-order valence-corrected chi connectivity index (χ1v) is 5.19. The largest absolute Gasteiger partial charge is 0.398 e. The zero-order chi connectivity index (χ0) is 12.1. The number of anilines is 2. The average Bonchev–Trinajstić information content (AvgIpc) is 2.21. The summed E-state index contributed by atoms with van der Waals surface area (Å²) in [6.07, 6.45) is 1.93. The quantitative estimate of drug-likeness (QED) is 0.527. The number of halogens is 1. The molecule has 5 heteroatoms. The maximum atomic E-state index is 13.4. The lowest BCUT2D eigenvalue weighted by Gasteiger charge is -2.09. The molecular weight excluding hydrogens is 209 g/mol. The fourth-order valence-electron chi connectivity index (χ4n) is 1.34. The fourth-order valence-corrected chi connectivity index (χ4v) is 1.34. The molecular formula is C11H16FN3O. The molecule has 0 radical (unpaired) electrons. The third kappa shape index (κ3) is 2.85. The van der Waals surface area contributed by atoms with E-state index >= 15 is 0 Å². The predicted molar refractivity (Wildman–Crippen MR) is 62.7 cm³/mol. The van der Waals surface area contributed by atoms with Gasteiger partial charge < -0.3 is 16.8 Å². The summed E-state index contributed by atoms with van der Waals surface area (Å²) in [4.78, 5) is 11.0. The van der Waals surface area contributed by atoms with Gasteiger partial charge in [-0.25, -0.2) is 4.39 Å². The molecule has 0 aliphatic rings. The van der Waals surface area contributed by atoms with Gasteiger partial charge in [0.1, 0.15) is 5.82 Å². The van der Waals surface area contributed by atoms with Gasteiger partial charge in [-0.2, -0.15) is 0 Å². The van der Waals surface area contributed by atoms with Crippen LogP contribution in [0.1, 0.15) is 30.1 Å². The molecule has 0 bridgehead atoms. The van der Waals surface area contributed by atoms with Crippen LogP contribution in [0.25, 0.3) is 0 Å². The fraction of sp³-hybridized carbons (Fsp3) is 0.364. The number of unbranched alkanes of at least 4 members (excludes halogenated alkanes) is 1. The van der Waals surface area contributed by atoms with Gasteiger partial charge in [-0.1, -0.05) is 13.3 Å². The lowest BCUT2D eigenvalue weighted by molar-refractivity contribution is 0.100. The second-order valence-corrected chi connectivity index (χ2v) is 3.56. The highest BCUT2D eigenvalue weighted by Gasteiger charge is 2.11. The van der Waals surface area contributed by atoms with E-state index in [9.17, 15) is 9.18 Å². The maximum Gasteiger partial charge on any atom is 0.250 e. The van der Waals surface area contributed by atoms with Crippen molar-refractivity contribution in [3.8, 4) is 0 Å². The lowest BCUT2D eigenvalue weighted by Crippen LogP contribution is -2.15. The van der Waals surface area contributed by atoms with Crippen molar-refractivity contribution in [3.05, 3.63) is 23.5 Å². The van der Waals surface area contributed by atoms with Crippen molar-refractivity contribution in [2.24, 2.45) is 5.73 Å². The van der Waals surface area contributed by atoms with Gasteiger partial charge in [-0.3, -0.25) is 4.79 Å². The molecule has 88 valence electrons. The lowest BCUT2D eigenvalue weighted by atomic mass is 10.1. The number of rotatable bonds is 5. The summed E-state index contributed by atoms with van der Waals surface area (Å²) in [6.45, 7) is 2.69. The number of nitrogens with two attached hydrogens (primary N) is 2. The number of primary amides is 1. The van der Waals surface area contributed by atoms with E-state index in [0.717, 1.165) is 18.9 Å². The van der Waals surface area contributed by atoms with Gasteiger partial charge in [0.25, 0.3) is 5.91 Å². The van der Waals surface area contributed by atoms with Crippen LogP contribution in [0, 0.1) is 5.82 Å². The number of carbonyl (C=O) groups excluding carboxylic acids is 1. The van der Waals surface area contributed by atoms with Crippen molar-refractivity contribution in [3.63, 3.8) is 0 Å². The molecule has 1 amide bonds. The summed E-state index contributed by atoms with van der Waals surface area (Å²) in [5, 5.41) is 2.90. The zero-order valence-electron chi connectivity index (χ0n) is 9.22. The van der Waals surface area contributed by atoms with E-state index in [0.29, 0.717) is 6.54 Å². The van der Waals surface area contributed by atoms with Crippen LogP contribution < -0.4 is 16.8 Å². The summed E-state index contributed by atoms with van der Waals surface area (Å²) in [6, 6.07) is 2.46. The van der Waals surface area contributed by atoms with Crippen LogP contribution in [-0.2, 0) is 0 Å². The topological polar surface area (TPSA) is 81.1 Å².